The molecule has 3 aromatic rings. The summed E-state index contributed by atoms with van der Waals surface area (Å²) in [6.45, 7) is 5.40. The Bertz CT molecular complexity index is 1140. The molecule has 0 aromatic heterocycles. The molecule has 0 saturated carbocycles. The number of benzene rings is 3. The van der Waals surface area contributed by atoms with Crippen molar-refractivity contribution in [1.29, 1.82) is 0 Å². The zero-order valence-corrected chi connectivity index (χ0v) is 17.8. The lowest BCUT2D eigenvalue weighted by molar-refractivity contribution is 0.0293. The van der Waals surface area contributed by atoms with Gasteiger partial charge in [-0.1, -0.05) is 60.7 Å². The van der Waals surface area contributed by atoms with Crippen LogP contribution in [0, 0.1) is 0 Å². The molecule has 0 spiro atoms. The van der Waals surface area contributed by atoms with Gasteiger partial charge in [0.25, 0.3) is 0 Å². The normalized spacial score (nSPS) is 17.5. The summed E-state index contributed by atoms with van der Waals surface area (Å²) in [5.74, 6) is -0.308. The number of ketones is 1. The molecule has 0 bridgehead atoms. The molecule has 5 nitrogen and oxygen atoms in total. The molecule has 5 heteroatoms. The van der Waals surface area contributed by atoms with E-state index >= 15 is 0 Å². The highest BCUT2D eigenvalue weighted by atomic mass is 16.6. The number of rotatable bonds is 3. The Morgan fingerprint density at radius 2 is 1.48 bits per heavy atom. The molecular formula is C26H25NO4. The van der Waals surface area contributed by atoms with E-state index in [-0.39, 0.29) is 12.2 Å². The molecular weight excluding hydrogens is 390 g/mol. The topological polar surface area (TPSA) is 75.6 Å². The SMILES string of the molecule is CC(C)(C)OC(=O)Nc1ccc(CC2(O)C(=O)c3ccccc3-c3ccccc32)cc1. The van der Waals surface area contributed by atoms with E-state index in [0.29, 0.717) is 16.8 Å². The zero-order chi connectivity index (χ0) is 22.2. The van der Waals surface area contributed by atoms with Gasteiger partial charge >= 0.3 is 6.09 Å². The monoisotopic (exact) mass is 415 g/mol. The van der Waals surface area contributed by atoms with E-state index in [1.54, 1.807) is 51.1 Å². The molecule has 1 aliphatic carbocycles. The van der Waals surface area contributed by atoms with Crippen LogP contribution >= 0.6 is 0 Å². The van der Waals surface area contributed by atoms with Gasteiger partial charge in [-0.25, -0.2) is 4.79 Å². The van der Waals surface area contributed by atoms with E-state index in [2.05, 4.69) is 5.32 Å². The molecule has 158 valence electrons. The number of anilines is 1. The Balaban J connectivity index is 1.61. The Morgan fingerprint density at radius 3 is 2.13 bits per heavy atom. The quantitative estimate of drug-likeness (QED) is 0.606. The summed E-state index contributed by atoms with van der Waals surface area (Å²) >= 11 is 0. The van der Waals surface area contributed by atoms with Crippen LogP contribution in [-0.2, 0) is 16.8 Å². The van der Waals surface area contributed by atoms with Crippen LogP contribution < -0.4 is 5.32 Å². The van der Waals surface area contributed by atoms with Gasteiger partial charge in [-0.15, -0.1) is 0 Å². The summed E-state index contributed by atoms with van der Waals surface area (Å²) in [4.78, 5) is 25.3. The first-order valence-corrected chi connectivity index (χ1v) is 10.2. The van der Waals surface area contributed by atoms with Crippen LogP contribution in [0.3, 0.4) is 0 Å². The molecule has 0 fully saturated rings. The van der Waals surface area contributed by atoms with Gasteiger partial charge in [-0.2, -0.15) is 0 Å². The summed E-state index contributed by atoms with van der Waals surface area (Å²) in [5, 5.41) is 14.3. The minimum absolute atomic E-state index is 0.129. The summed E-state index contributed by atoms with van der Waals surface area (Å²) in [6.07, 6.45) is -0.406. The van der Waals surface area contributed by atoms with Crippen LogP contribution in [0.25, 0.3) is 11.1 Å². The summed E-state index contributed by atoms with van der Waals surface area (Å²) in [5.41, 5.74) is 1.93. The Morgan fingerprint density at radius 1 is 0.903 bits per heavy atom. The molecule has 3 aromatic carbocycles. The highest BCUT2D eigenvalue weighted by Crippen LogP contribution is 2.43. The third-order valence-electron chi connectivity index (χ3n) is 5.27. The first-order valence-electron chi connectivity index (χ1n) is 10.2. The number of aliphatic hydroxyl groups is 1. The van der Waals surface area contributed by atoms with Gasteiger partial charge in [0.2, 0.25) is 0 Å². The van der Waals surface area contributed by atoms with Crippen LogP contribution in [0.5, 0.6) is 0 Å². The second kappa shape index (κ2) is 7.67. The van der Waals surface area contributed by atoms with Crippen LogP contribution in [0.1, 0.15) is 42.3 Å². The largest absolute Gasteiger partial charge is 0.444 e. The molecule has 1 aliphatic rings. The lowest BCUT2D eigenvalue weighted by Gasteiger charge is -2.34. The third kappa shape index (κ3) is 4.09. The molecule has 0 radical (unpaired) electrons. The first kappa shape index (κ1) is 20.8. The molecule has 0 aliphatic heterocycles. The number of carbonyl (C=O) groups is 2. The number of amides is 1. The number of ether oxygens (including phenoxy) is 1. The van der Waals surface area contributed by atoms with Gasteiger partial charge in [0.05, 0.1) is 0 Å². The van der Waals surface area contributed by atoms with Crippen molar-refractivity contribution in [1.82, 2.24) is 0 Å². The molecule has 1 amide bonds. The van der Waals surface area contributed by atoms with Gasteiger partial charge in [-0.05, 0) is 55.2 Å². The molecule has 1 unspecified atom stereocenters. The minimum atomic E-state index is -1.66. The Hall–Kier alpha value is -3.44. The number of nitrogens with one attached hydrogen (secondary N) is 1. The second-order valence-corrected chi connectivity index (χ2v) is 8.78. The number of fused-ring (bicyclic) bond motifs is 3. The van der Waals surface area contributed by atoms with Crippen molar-refractivity contribution in [3.05, 3.63) is 89.5 Å². The van der Waals surface area contributed by atoms with E-state index in [4.69, 9.17) is 4.74 Å². The highest BCUT2D eigenvalue weighted by molar-refractivity contribution is 6.11. The first-order chi connectivity index (χ1) is 14.7. The number of Topliss-reactive ketones (excluding diaryl/α,β-unsaturated/α-hetero) is 1. The van der Waals surface area contributed by atoms with Crippen molar-refractivity contribution < 1.29 is 19.4 Å². The van der Waals surface area contributed by atoms with E-state index in [1.807, 2.05) is 42.5 Å². The van der Waals surface area contributed by atoms with Crippen LogP contribution in [-0.4, -0.2) is 22.6 Å². The maximum Gasteiger partial charge on any atom is 0.412 e. The molecule has 4 rings (SSSR count). The smallest absolute Gasteiger partial charge is 0.412 e. The predicted octanol–water partition coefficient (Wildman–Crippen LogP) is 5.33. The van der Waals surface area contributed by atoms with Crippen LogP contribution in [0.4, 0.5) is 10.5 Å². The fourth-order valence-corrected chi connectivity index (χ4v) is 3.94. The van der Waals surface area contributed by atoms with Gasteiger partial charge in [0.15, 0.2) is 11.4 Å². The Kier molecular flexibility index (Phi) is 5.15. The Labute approximate surface area is 181 Å². The highest BCUT2D eigenvalue weighted by Gasteiger charge is 2.44. The summed E-state index contributed by atoms with van der Waals surface area (Å²) in [7, 11) is 0. The average molecular weight is 415 g/mol. The van der Waals surface area contributed by atoms with Crippen molar-refractivity contribution in [3.8, 4) is 11.1 Å². The van der Waals surface area contributed by atoms with E-state index < -0.39 is 17.3 Å². The molecule has 1 atom stereocenters. The molecule has 31 heavy (non-hydrogen) atoms. The van der Waals surface area contributed by atoms with Gasteiger partial charge in [0, 0.05) is 17.7 Å². The standard InChI is InChI=1S/C26H25NO4/c1-25(2,3)31-24(29)27-18-14-12-17(13-15-18)16-26(30)22-11-7-6-9-20(22)19-8-4-5-10-21(19)23(26)28/h4-15,30H,16H2,1-3H3,(H,27,29). The number of carbonyl (C=O) groups excluding carboxylic acids is 2. The minimum Gasteiger partial charge on any atom is -0.444 e. The van der Waals surface area contributed by atoms with E-state index in [1.165, 1.54) is 0 Å². The lowest BCUT2D eigenvalue weighted by atomic mass is 9.72. The van der Waals surface area contributed by atoms with Crippen molar-refractivity contribution in [2.45, 2.75) is 38.4 Å². The van der Waals surface area contributed by atoms with Gasteiger partial charge in [-0.3, -0.25) is 10.1 Å². The maximum absolute atomic E-state index is 13.3. The zero-order valence-electron chi connectivity index (χ0n) is 17.8. The van der Waals surface area contributed by atoms with E-state index in [0.717, 1.165) is 16.7 Å². The molecule has 2 N–H and O–H groups in total. The lowest BCUT2D eigenvalue weighted by Crippen LogP contribution is -2.41. The molecule has 0 saturated heterocycles. The maximum atomic E-state index is 13.3. The number of hydrogen-bond acceptors (Lipinski definition) is 4. The summed E-state index contributed by atoms with van der Waals surface area (Å²) in [6, 6.07) is 21.9. The summed E-state index contributed by atoms with van der Waals surface area (Å²) < 4.78 is 5.26. The molecule has 0 heterocycles. The van der Waals surface area contributed by atoms with Crippen molar-refractivity contribution in [3.63, 3.8) is 0 Å². The van der Waals surface area contributed by atoms with Crippen molar-refractivity contribution >= 4 is 17.6 Å². The van der Waals surface area contributed by atoms with Gasteiger partial charge in [0.1, 0.15) is 5.60 Å². The van der Waals surface area contributed by atoms with E-state index in [9.17, 15) is 14.7 Å². The fraction of sp³-hybridized carbons (Fsp3) is 0.231. The van der Waals surface area contributed by atoms with Crippen molar-refractivity contribution in [2.24, 2.45) is 0 Å². The number of hydrogen-bond donors (Lipinski definition) is 2. The average Bonchev–Trinajstić information content (AvgIpc) is 2.72. The van der Waals surface area contributed by atoms with Gasteiger partial charge < -0.3 is 9.84 Å². The fourth-order valence-electron chi connectivity index (χ4n) is 3.94. The second-order valence-electron chi connectivity index (χ2n) is 8.78. The van der Waals surface area contributed by atoms with Crippen LogP contribution in [0.15, 0.2) is 72.8 Å². The van der Waals surface area contributed by atoms with Crippen LogP contribution in [0.2, 0.25) is 0 Å². The van der Waals surface area contributed by atoms with Crippen molar-refractivity contribution in [2.75, 3.05) is 5.32 Å². The predicted molar refractivity (Wildman–Crippen MR) is 120 cm³/mol. The third-order valence-corrected chi connectivity index (χ3v) is 5.27.